The quantitative estimate of drug-likeness (QED) is 0.272. The Balaban J connectivity index is 1.56. The summed E-state index contributed by atoms with van der Waals surface area (Å²) in [6, 6.07) is 22.4. The number of pyridine rings is 1. The predicted octanol–water partition coefficient (Wildman–Crippen LogP) is 6.41. The molecule has 5 rings (SSSR count). The van der Waals surface area contributed by atoms with Gasteiger partial charge in [0.15, 0.2) is 5.11 Å². The molecule has 0 bridgehead atoms. The molecule has 0 radical (unpaired) electrons. The average Bonchev–Trinajstić information content (AvgIpc) is 3.36. The van der Waals surface area contributed by atoms with Crippen molar-refractivity contribution in [2.24, 2.45) is 0 Å². The van der Waals surface area contributed by atoms with E-state index in [4.69, 9.17) is 35.4 Å². The Morgan fingerprint density at radius 2 is 1.81 bits per heavy atom. The van der Waals surface area contributed by atoms with E-state index in [9.17, 15) is 4.79 Å². The number of halogens is 2. The highest BCUT2D eigenvalue weighted by Gasteiger charge is 2.42. The van der Waals surface area contributed by atoms with Crippen molar-refractivity contribution >= 4 is 52.1 Å². The minimum Gasteiger partial charge on any atom is -0.352 e. The second-order valence-electron chi connectivity index (χ2n) is 8.90. The molecule has 1 aliphatic rings. The molecule has 2 aromatic heterocycles. The number of anilines is 1. The Bertz CT molecular complexity index is 1460. The van der Waals surface area contributed by atoms with E-state index in [1.807, 2.05) is 79.4 Å². The molecule has 2 atom stereocenters. The van der Waals surface area contributed by atoms with Crippen molar-refractivity contribution < 1.29 is 4.79 Å². The first-order valence-electron chi connectivity index (χ1n) is 11.8. The lowest BCUT2D eigenvalue weighted by molar-refractivity contribution is -0.116. The van der Waals surface area contributed by atoms with E-state index < -0.39 is 0 Å². The van der Waals surface area contributed by atoms with E-state index >= 15 is 0 Å². The summed E-state index contributed by atoms with van der Waals surface area (Å²) in [5.74, 6) is -0.159. The number of nitrogens with one attached hydrogen (secondary N) is 2. The fourth-order valence-corrected chi connectivity index (χ4v) is 5.60. The van der Waals surface area contributed by atoms with Crippen molar-refractivity contribution in [3.63, 3.8) is 0 Å². The van der Waals surface area contributed by atoms with Gasteiger partial charge in [-0.3, -0.25) is 9.78 Å². The molecule has 0 saturated carbocycles. The molecular weight excluding hydrogens is 525 g/mol. The molecule has 3 heterocycles. The molecule has 1 amide bonds. The monoisotopic (exact) mass is 549 g/mol. The minimum absolute atomic E-state index is 0.0797. The molecule has 6 nitrogen and oxygen atoms in total. The molecule has 37 heavy (non-hydrogen) atoms. The van der Waals surface area contributed by atoms with Gasteiger partial charge in [0, 0.05) is 23.3 Å². The van der Waals surface area contributed by atoms with Gasteiger partial charge in [0.2, 0.25) is 5.91 Å². The van der Waals surface area contributed by atoms with E-state index in [0.717, 1.165) is 34.0 Å². The molecule has 2 aromatic carbocycles. The van der Waals surface area contributed by atoms with Crippen molar-refractivity contribution in [3.8, 4) is 5.69 Å². The van der Waals surface area contributed by atoms with Crippen molar-refractivity contribution in [2.75, 3.05) is 11.9 Å². The number of aromatic nitrogens is 2. The van der Waals surface area contributed by atoms with Crippen LogP contribution < -0.4 is 10.6 Å². The maximum atomic E-state index is 13.1. The number of hydrogen-bond acceptors (Lipinski definition) is 3. The second kappa shape index (κ2) is 10.5. The Hall–Kier alpha value is -3.39. The van der Waals surface area contributed by atoms with Gasteiger partial charge in [0.05, 0.1) is 33.5 Å². The number of benzene rings is 2. The summed E-state index contributed by atoms with van der Waals surface area (Å²) in [6.07, 6.45) is 1.76. The molecule has 188 valence electrons. The van der Waals surface area contributed by atoms with E-state index in [0.29, 0.717) is 15.2 Å². The fourth-order valence-electron chi connectivity index (χ4n) is 4.91. The van der Waals surface area contributed by atoms with Gasteiger partial charge >= 0.3 is 0 Å². The van der Waals surface area contributed by atoms with Crippen LogP contribution in [0.2, 0.25) is 10.0 Å². The van der Waals surface area contributed by atoms with Gasteiger partial charge in [0.25, 0.3) is 0 Å². The molecule has 0 spiro atoms. The highest BCUT2D eigenvalue weighted by Crippen LogP contribution is 2.42. The number of para-hydroxylation sites is 1. The Morgan fingerprint density at radius 1 is 1.05 bits per heavy atom. The average molecular weight is 551 g/mol. The number of thiocarbonyl (C=S) groups is 1. The third-order valence-electron chi connectivity index (χ3n) is 6.53. The van der Waals surface area contributed by atoms with E-state index in [1.165, 1.54) is 0 Å². The largest absolute Gasteiger partial charge is 0.352 e. The zero-order valence-electron chi connectivity index (χ0n) is 20.3. The number of rotatable bonds is 6. The Kier molecular flexibility index (Phi) is 7.20. The molecule has 9 heteroatoms. The maximum absolute atomic E-state index is 13.1. The lowest BCUT2D eigenvalue weighted by Crippen LogP contribution is -2.37. The van der Waals surface area contributed by atoms with Crippen LogP contribution >= 0.6 is 35.4 Å². The van der Waals surface area contributed by atoms with Gasteiger partial charge in [-0.1, -0.05) is 53.5 Å². The highest BCUT2D eigenvalue weighted by atomic mass is 35.5. The number of carbonyl (C=O) groups excluding carboxylic acids is 1. The van der Waals surface area contributed by atoms with Gasteiger partial charge in [-0.05, 0) is 74.1 Å². The van der Waals surface area contributed by atoms with Gasteiger partial charge < -0.3 is 20.1 Å². The van der Waals surface area contributed by atoms with Crippen LogP contribution in [0.5, 0.6) is 0 Å². The smallest absolute Gasteiger partial charge is 0.244 e. The molecular formula is C28H25Cl2N5OS. The standard InChI is InChI=1S/C28H25Cl2N5OS/c1-17-15-20(18(2)35(17)23-13-8-11-21(29)25(23)30)27-26(22-12-6-7-14-31-22)33-28(37)34(27)16-24(36)32-19-9-4-3-5-10-19/h3-15,26-27H,16H2,1-2H3,(H,32,36)(H,33,37)/t26-,27-/m1/s1. The summed E-state index contributed by atoms with van der Waals surface area (Å²) < 4.78 is 2.09. The third kappa shape index (κ3) is 4.94. The fraction of sp³-hybridized carbons (Fsp3) is 0.179. The van der Waals surface area contributed by atoms with Crippen LogP contribution in [0.25, 0.3) is 5.69 Å². The topological polar surface area (TPSA) is 62.2 Å². The SMILES string of the molecule is Cc1cc([C@@H]2[C@@H](c3ccccn3)NC(=S)N2CC(=O)Nc2ccccc2)c(C)n1-c1cccc(Cl)c1Cl. The molecule has 1 aliphatic heterocycles. The summed E-state index contributed by atoms with van der Waals surface area (Å²) in [7, 11) is 0. The zero-order valence-corrected chi connectivity index (χ0v) is 22.6. The van der Waals surface area contributed by atoms with Gasteiger partial charge in [-0.15, -0.1) is 0 Å². The maximum Gasteiger partial charge on any atom is 0.244 e. The number of nitrogens with zero attached hydrogens (tertiary/aromatic N) is 3. The molecule has 1 fully saturated rings. The second-order valence-corrected chi connectivity index (χ2v) is 10.1. The normalized spacial score (nSPS) is 17.1. The van der Waals surface area contributed by atoms with Crippen LogP contribution in [0.15, 0.2) is 79.0 Å². The highest BCUT2D eigenvalue weighted by molar-refractivity contribution is 7.80. The lowest BCUT2D eigenvalue weighted by Gasteiger charge is -2.27. The summed E-state index contributed by atoms with van der Waals surface area (Å²) in [5, 5.41) is 7.85. The Morgan fingerprint density at radius 3 is 2.54 bits per heavy atom. The molecule has 0 aliphatic carbocycles. The first kappa shape index (κ1) is 25.3. The van der Waals surface area contributed by atoms with Crippen molar-refractivity contribution in [1.82, 2.24) is 19.8 Å². The van der Waals surface area contributed by atoms with E-state index in [1.54, 1.807) is 12.3 Å². The number of amides is 1. The number of aryl methyl sites for hydroxylation is 1. The molecule has 0 unspecified atom stereocenters. The van der Waals surface area contributed by atoms with Gasteiger partial charge in [0.1, 0.15) is 6.54 Å². The molecule has 1 saturated heterocycles. The summed E-state index contributed by atoms with van der Waals surface area (Å²) in [5.41, 5.74) is 5.36. The van der Waals surface area contributed by atoms with Crippen LogP contribution in [0.1, 0.15) is 34.7 Å². The minimum atomic E-state index is -0.276. The third-order valence-corrected chi connectivity index (χ3v) is 7.69. The van der Waals surface area contributed by atoms with Crippen LogP contribution in [-0.2, 0) is 4.79 Å². The Labute approximate surface area is 231 Å². The number of hydrogen-bond donors (Lipinski definition) is 2. The van der Waals surface area contributed by atoms with Gasteiger partial charge in [-0.2, -0.15) is 0 Å². The summed E-state index contributed by atoms with van der Waals surface area (Å²) >= 11 is 18.7. The van der Waals surface area contributed by atoms with Crippen LogP contribution in [0, 0.1) is 13.8 Å². The van der Waals surface area contributed by atoms with Crippen molar-refractivity contribution in [3.05, 3.63) is 112 Å². The summed E-state index contributed by atoms with van der Waals surface area (Å²) in [6.45, 7) is 4.14. The van der Waals surface area contributed by atoms with Crippen LogP contribution in [0.4, 0.5) is 5.69 Å². The molecule has 2 N–H and O–H groups in total. The first-order valence-corrected chi connectivity index (χ1v) is 13.0. The molecule has 4 aromatic rings. The van der Waals surface area contributed by atoms with Crippen LogP contribution in [0.3, 0.4) is 0 Å². The van der Waals surface area contributed by atoms with Gasteiger partial charge in [-0.25, -0.2) is 0 Å². The predicted molar refractivity (Wildman–Crippen MR) is 152 cm³/mol. The lowest BCUT2D eigenvalue weighted by atomic mass is 9.96. The van der Waals surface area contributed by atoms with Crippen molar-refractivity contribution in [2.45, 2.75) is 25.9 Å². The van der Waals surface area contributed by atoms with E-state index in [2.05, 4.69) is 26.3 Å². The zero-order chi connectivity index (χ0) is 26.1. The van der Waals surface area contributed by atoms with Crippen molar-refractivity contribution in [1.29, 1.82) is 0 Å². The van der Waals surface area contributed by atoms with Crippen LogP contribution in [-0.4, -0.2) is 32.0 Å². The van der Waals surface area contributed by atoms with E-state index in [-0.39, 0.29) is 24.5 Å². The number of carbonyl (C=O) groups is 1. The summed E-state index contributed by atoms with van der Waals surface area (Å²) in [4.78, 5) is 19.6. The first-order chi connectivity index (χ1) is 17.8.